The molecule has 4 rings (SSSR count). The van der Waals surface area contributed by atoms with Gasteiger partial charge < -0.3 is 18.9 Å². The van der Waals surface area contributed by atoms with Gasteiger partial charge in [0.1, 0.15) is 6.26 Å². The van der Waals surface area contributed by atoms with Crippen LogP contribution in [0.2, 0.25) is 0 Å². The smallest absolute Gasteiger partial charge is 0.451 e. The van der Waals surface area contributed by atoms with Crippen molar-refractivity contribution in [2.75, 3.05) is 5.32 Å². The summed E-state index contributed by atoms with van der Waals surface area (Å²) in [5.74, 6) is -0.647. The van der Waals surface area contributed by atoms with E-state index in [-0.39, 0.29) is 23.1 Å². The average Bonchev–Trinajstić information content (AvgIpc) is 3.11. The number of hydrogen-bond donors (Lipinski definition) is 2. The van der Waals surface area contributed by atoms with E-state index < -0.39 is 12.2 Å². The molecule has 112 valence electrons. The van der Waals surface area contributed by atoms with E-state index in [1.807, 2.05) is 0 Å². The van der Waals surface area contributed by atoms with Gasteiger partial charge in [-0.2, -0.15) is 0 Å². The molecule has 3 heterocycles. The standard InChI is InChI=1S/C12H6F2N4O4/c13-12(14)21-8-1-5-6(2-9(8)22-12)17-11(16-5)18-10(19)7-3-20-4-15-7/h1-4H,(H2,16,17,18,19). The minimum atomic E-state index is -3.69. The molecule has 1 aliphatic rings. The lowest BCUT2D eigenvalue weighted by atomic mass is 10.3. The number of oxazole rings is 1. The van der Waals surface area contributed by atoms with Crippen LogP contribution in [-0.4, -0.2) is 27.2 Å². The third kappa shape index (κ3) is 2.01. The second-order valence-electron chi connectivity index (χ2n) is 4.40. The van der Waals surface area contributed by atoms with Crippen molar-refractivity contribution in [1.82, 2.24) is 15.0 Å². The number of halogens is 2. The van der Waals surface area contributed by atoms with Gasteiger partial charge in [-0.3, -0.25) is 10.1 Å². The van der Waals surface area contributed by atoms with Gasteiger partial charge in [0, 0.05) is 12.1 Å². The first-order chi connectivity index (χ1) is 10.5. The highest BCUT2D eigenvalue weighted by Gasteiger charge is 2.43. The van der Waals surface area contributed by atoms with E-state index in [2.05, 4.69) is 29.7 Å². The van der Waals surface area contributed by atoms with Crippen LogP contribution >= 0.6 is 0 Å². The van der Waals surface area contributed by atoms with E-state index in [0.29, 0.717) is 11.0 Å². The Morgan fingerprint density at radius 3 is 2.77 bits per heavy atom. The van der Waals surface area contributed by atoms with Crippen molar-refractivity contribution in [3.63, 3.8) is 0 Å². The van der Waals surface area contributed by atoms with Crippen molar-refractivity contribution < 1.29 is 27.5 Å². The molecule has 8 nitrogen and oxygen atoms in total. The van der Waals surface area contributed by atoms with E-state index in [1.165, 1.54) is 18.4 Å². The number of carbonyl (C=O) groups excluding carboxylic acids is 1. The molecule has 0 spiro atoms. The van der Waals surface area contributed by atoms with Crippen molar-refractivity contribution in [3.05, 3.63) is 30.5 Å². The predicted molar refractivity (Wildman–Crippen MR) is 66.8 cm³/mol. The molecule has 22 heavy (non-hydrogen) atoms. The number of alkyl halides is 2. The molecule has 1 aromatic carbocycles. The fraction of sp³-hybridized carbons (Fsp3) is 0.0833. The number of aromatic nitrogens is 3. The molecule has 0 saturated carbocycles. The molecule has 0 unspecified atom stereocenters. The van der Waals surface area contributed by atoms with E-state index >= 15 is 0 Å². The van der Waals surface area contributed by atoms with Gasteiger partial charge in [0.15, 0.2) is 23.6 Å². The molecule has 10 heteroatoms. The Morgan fingerprint density at radius 2 is 2.05 bits per heavy atom. The van der Waals surface area contributed by atoms with E-state index in [1.54, 1.807) is 0 Å². The summed E-state index contributed by atoms with van der Waals surface area (Å²) in [4.78, 5) is 22.3. The number of hydrogen-bond acceptors (Lipinski definition) is 6. The number of amides is 1. The number of carbonyl (C=O) groups is 1. The third-order valence-electron chi connectivity index (χ3n) is 2.90. The lowest BCUT2D eigenvalue weighted by molar-refractivity contribution is -0.286. The number of H-pyrrole nitrogens is 1. The van der Waals surface area contributed by atoms with Crippen LogP contribution in [0.1, 0.15) is 10.5 Å². The normalized spacial score (nSPS) is 15.2. The second kappa shape index (κ2) is 4.16. The molecular formula is C12H6F2N4O4. The average molecular weight is 308 g/mol. The summed E-state index contributed by atoms with van der Waals surface area (Å²) in [6.45, 7) is 0. The van der Waals surface area contributed by atoms with Crippen LogP contribution in [0.15, 0.2) is 29.2 Å². The lowest BCUT2D eigenvalue weighted by Gasteiger charge is -2.04. The van der Waals surface area contributed by atoms with Gasteiger partial charge >= 0.3 is 6.29 Å². The van der Waals surface area contributed by atoms with E-state index in [9.17, 15) is 13.6 Å². The van der Waals surface area contributed by atoms with Crippen LogP contribution in [0.25, 0.3) is 11.0 Å². The zero-order valence-electron chi connectivity index (χ0n) is 10.6. The highest BCUT2D eigenvalue weighted by Crippen LogP contribution is 2.42. The van der Waals surface area contributed by atoms with Crippen molar-refractivity contribution in [3.8, 4) is 11.5 Å². The van der Waals surface area contributed by atoms with Gasteiger partial charge in [0.25, 0.3) is 5.91 Å². The first-order valence-electron chi connectivity index (χ1n) is 5.99. The second-order valence-corrected chi connectivity index (χ2v) is 4.40. The summed E-state index contributed by atoms with van der Waals surface area (Å²) in [6, 6.07) is 2.60. The number of fused-ring (bicyclic) bond motifs is 2. The van der Waals surface area contributed by atoms with Crippen molar-refractivity contribution in [1.29, 1.82) is 0 Å². The summed E-state index contributed by atoms with van der Waals surface area (Å²) in [5.41, 5.74) is 0.806. The third-order valence-corrected chi connectivity index (χ3v) is 2.90. The zero-order chi connectivity index (χ0) is 15.3. The van der Waals surface area contributed by atoms with Crippen LogP contribution in [-0.2, 0) is 0 Å². The summed E-state index contributed by atoms with van der Waals surface area (Å²) in [6.07, 6.45) is -1.39. The zero-order valence-corrected chi connectivity index (χ0v) is 10.6. The SMILES string of the molecule is O=C(Nc1nc2cc3c(cc2[nH]1)OC(F)(F)O3)c1cocn1. The molecule has 2 N–H and O–H groups in total. The minimum Gasteiger partial charge on any atom is -0.451 e. The minimum absolute atomic E-state index is 0.0780. The summed E-state index contributed by atoms with van der Waals surface area (Å²) >= 11 is 0. The van der Waals surface area contributed by atoms with Gasteiger partial charge in [-0.1, -0.05) is 0 Å². The fourth-order valence-electron chi connectivity index (χ4n) is 2.01. The molecule has 0 saturated heterocycles. The first kappa shape index (κ1) is 12.6. The Labute approximate surface area is 120 Å². The number of nitrogens with one attached hydrogen (secondary N) is 2. The number of imidazole rings is 1. The molecule has 0 fully saturated rings. The van der Waals surface area contributed by atoms with Crippen LogP contribution in [0.5, 0.6) is 11.5 Å². The van der Waals surface area contributed by atoms with E-state index in [4.69, 9.17) is 4.42 Å². The maximum absolute atomic E-state index is 13.0. The molecule has 1 aliphatic heterocycles. The monoisotopic (exact) mass is 308 g/mol. The van der Waals surface area contributed by atoms with Crippen LogP contribution in [0, 0.1) is 0 Å². The number of nitrogens with zero attached hydrogens (tertiary/aromatic N) is 2. The predicted octanol–water partition coefficient (Wildman–Crippen LogP) is 2.12. The topological polar surface area (TPSA) is 102 Å². The van der Waals surface area contributed by atoms with Crippen LogP contribution in [0.4, 0.5) is 14.7 Å². The highest BCUT2D eigenvalue weighted by molar-refractivity contribution is 6.02. The quantitative estimate of drug-likeness (QED) is 0.752. The molecule has 0 radical (unpaired) electrons. The molecule has 2 aromatic heterocycles. The van der Waals surface area contributed by atoms with Crippen LogP contribution < -0.4 is 14.8 Å². The van der Waals surface area contributed by atoms with Gasteiger partial charge in [-0.05, 0) is 0 Å². The van der Waals surface area contributed by atoms with Gasteiger partial charge in [0.2, 0.25) is 5.95 Å². The Morgan fingerprint density at radius 1 is 1.27 bits per heavy atom. The Hall–Kier alpha value is -3.17. The molecule has 1 amide bonds. The number of benzene rings is 1. The number of anilines is 1. The summed E-state index contributed by atoms with van der Waals surface area (Å²) in [7, 11) is 0. The van der Waals surface area contributed by atoms with Crippen LogP contribution in [0.3, 0.4) is 0 Å². The maximum Gasteiger partial charge on any atom is 0.586 e. The Bertz CT molecular complexity index is 830. The largest absolute Gasteiger partial charge is 0.586 e. The molecule has 3 aromatic rings. The first-order valence-corrected chi connectivity index (χ1v) is 5.99. The molecule has 0 aliphatic carbocycles. The summed E-state index contributed by atoms with van der Waals surface area (Å²) < 4.78 is 39.3. The lowest BCUT2D eigenvalue weighted by Crippen LogP contribution is -2.25. The van der Waals surface area contributed by atoms with E-state index in [0.717, 1.165) is 6.39 Å². The Kier molecular flexibility index (Phi) is 2.38. The van der Waals surface area contributed by atoms with Gasteiger partial charge in [0.05, 0.1) is 11.0 Å². The molecule has 0 atom stereocenters. The Balaban J connectivity index is 1.64. The maximum atomic E-state index is 13.0. The number of rotatable bonds is 2. The van der Waals surface area contributed by atoms with Gasteiger partial charge in [-0.25, -0.2) is 9.97 Å². The van der Waals surface area contributed by atoms with Crippen molar-refractivity contribution in [2.24, 2.45) is 0 Å². The van der Waals surface area contributed by atoms with Gasteiger partial charge in [-0.15, -0.1) is 8.78 Å². The highest BCUT2D eigenvalue weighted by atomic mass is 19.3. The molecule has 0 bridgehead atoms. The number of aromatic amines is 1. The fourth-order valence-corrected chi connectivity index (χ4v) is 2.01. The van der Waals surface area contributed by atoms with Crippen molar-refractivity contribution >= 4 is 22.9 Å². The molecular weight excluding hydrogens is 302 g/mol. The number of ether oxygens (including phenoxy) is 2. The summed E-state index contributed by atoms with van der Waals surface area (Å²) in [5, 5.41) is 2.47. The van der Waals surface area contributed by atoms with Crippen molar-refractivity contribution in [2.45, 2.75) is 6.29 Å².